The smallest absolute Gasteiger partial charge is 0.349 e. The SMILES string of the molecule is CN(C)c1nc(CNC(=O)Cc2cccc(C(F)(F)F)c2)nc(N2CCCCC2)n1. The van der Waals surface area contributed by atoms with Crippen molar-refractivity contribution in [1.82, 2.24) is 20.3 Å². The summed E-state index contributed by atoms with van der Waals surface area (Å²) in [6.07, 6.45) is -1.27. The van der Waals surface area contributed by atoms with E-state index in [9.17, 15) is 18.0 Å². The molecule has 2 heterocycles. The van der Waals surface area contributed by atoms with Crippen LogP contribution < -0.4 is 15.1 Å². The summed E-state index contributed by atoms with van der Waals surface area (Å²) in [4.78, 5) is 29.5. The van der Waals surface area contributed by atoms with Gasteiger partial charge in [0.2, 0.25) is 17.8 Å². The number of amides is 1. The second kappa shape index (κ2) is 9.27. The minimum atomic E-state index is -4.44. The van der Waals surface area contributed by atoms with Crippen molar-refractivity contribution in [1.29, 1.82) is 0 Å². The Morgan fingerprint density at radius 3 is 2.53 bits per heavy atom. The third-order valence-corrected chi connectivity index (χ3v) is 4.76. The van der Waals surface area contributed by atoms with Crippen molar-refractivity contribution >= 4 is 17.8 Å². The molecule has 30 heavy (non-hydrogen) atoms. The van der Waals surface area contributed by atoms with Gasteiger partial charge < -0.3 is 15.1 Å². The fraction of sp³-hybridized carbons (Fsp3) is 0.500. The average Bonchev–Trinajstić information content (AvgIpc) is 2.72. The Morgan fingerprint density at radius 2 is 1.87 bits per heavy atom. The van der Waals surface area contributed by atoms with Crippen LogP contribution in [0.5, 0.6) is 0 Å². The maximum atomic E-state index is 12.8. The van der Waals surface area contributed by atoms with E-state index in [-0.39, 0.29) is 13.0 Å². The van der Waals surface area contributed by atoms with Crippen LogP contribution in [-0.4, -0.2) is 48.0 Å². The first-order valence-electron chi connectivity index (χ1n) is 9.82. The lowest BCUT2D eigenvalue weighted by atomic mass is 10.1. The van der Waals surface area contributed by atoms with Crippen LogP contribution >= 0.6 is 0 Å². The van der Waals surface area contributed by atoms with E-state index in [1.54, 1.807) is 4.90 Å². The molecule has 1 aliphatic rings. The molecule has 0 radical (unpaired) electrons. The van der Waals surface area contributed by atoms with Crippen LogP contribution in [0.1, 0.15) is 36.2 Å². The zero-order valence-electron chi connectivity index (χ0n) is 17.0. The second-order valence-corrected chi connectivity index (χ2v) is 7.45. The number of aromatic nitrogens is 3. The summed E-state index contributed by atoms with van der Waals surface area (Å²) >= 11 is 0. The number of hydrogen-bond donors (Lipinski definition) is 1. The first-order chi connectivity index (χ1) is 14.2. The molecule has 0 aliphatic carbocycles. The Kier molecular flexibility index (Phi) is 6.73. The molecule has 0 atom stereocenters. The largest absolute Gasteiger partial charge is 0.416 e. The molecule has 0 bridgehead atoms. The molecule has 1 saturated heterocycles. The Bertz CT molecular complexity index is 881. The van der Waals surface area contributed by atoms with Crippen molar-refractivity contribution in [2.45, 2.75) is 38.4 Å². The summed E-state index contributed by atoms with van der Waals surface area (Å²) in [7, 11) is 3.65. The number of benzene rings is 1. The summed E-state index contributed by atoms with van der Waals surface area (Å²) in [6.45, 7) is 1.82. The first-order valence-corrected chi connectivity index (χ1v) is 9.82. The van der Waals surface area contributed by atoms with E-state index in [4.69, 9.17) is 0 Å². The number of piperidine rings is 1. The molecule has 0 unspecified atom stereocenters. The van der Waals surface area contributed by atoms with Gasteiger partial charge >= 0.3 is 6.18 Å². The minimum absolute atomic E-state index is 0.0714. The van der Waals surface area contributed by atoms with Crippen molar-refractivity contribution in [3.8, 4) is 0 Å². The van der Waals surface area contributed by atoms with Crippen LogP contribution in [0.2, 0.25) is 0 Å². The predicted octanol–water partition coefficient (Wildman–Crippen LogP) is 2.81. The third kappa shape index (κ3) is 5.80. The van der Waals surface area contributed by atoms with Crippen molar-refractivity contribution < 1.29 is 18.0 Å². The van der Waals surface area contributed by atoms with Gasteiger partial charge in [0.25, 0.3) is 0 Å². The molecule has 3 rings (SSSR count). The normalized spacial score (nSPS) is 14.5. The number of rotatable bonds is 6. The molecule has 1 N–H and O–H groups in total. The van der Waals surface area contributed by atoms with Gasteiger partial charge in [0.15, 0.2) is 5.82 Å². The molecule has 0 saturated carbocycles. The Balaban J connectivity index is 1.67. The molecule has 7 nitrogen and oxygen atoms in total. The van der Waals surface area contributed by atoms with E-state index >= 15 is 0 Å². The number of nitrogens with zero attached hydrogens (tertiary/aromatic N) is 5. The molecule has 2 aromatic rings. The molecule has 162 valence electrons. The maximum Gasteiger partial charge on any atom is 0.416 e. The van der Waals surface area contributed by atoms with Crippen LogP contribution in [-0.2, 0) is 23.9 Å². The number of alkyl halides is 3. The lowest BCUT2D eigenvalue weighted by molar-refractivity contribution is -0.137. The zero-order chi connectivity index (χ0) is 21.7. The van der Waals surface area contributed by atoms with Gasteiger partial charge in [-0.25, -0.2) is 0 Å². The van der Waals surface area contributed by atoms with Crippen molar-refractivity contribution in [2.75, 3.05) is 37.0 Å². The van der Waals surface area contributed by atoms with Crippen LogP contribution in [0.15, 0.2) is 24.3 Å². The van der Waals surface area contributed by atoms with Crippen LogP contribution in [0, 0.1) is 0 Å². The summed E-state index contributed by atoms with van der Waals surface area (Å²) in [5, 5.41) is 2.69. The highest BCUT2D eigenvalue weighted by Gasteiger charge is 2.30. The van der Waals surface area contributed by atoms with Gasteiger partial charge in [-0.1, -0.05) is 18.2 Å². The maximum absolute atomic E-state index is 12.8. The number of carbonyl (C=O) groups excluding carboxylic acids is 1. The molecule has 1 amide bonds. The molecule has 1 aromatic carbocycles. The summed E-state index contributed by atoms with van der Waals surface area (Å²) in [5.74, 6) is 1.08. The highest BCUT2D eigenvalue weighted by atomic mass is 19.4. The lowest BCUT2D eigenvalue weighted by Crippen LogP contribution is -2.33. The highest BCUT2D eigenvalue weighted by molar-refractivity contribution is 5.78. The van der Waals surface area contributed by atoms with E-state index in [0.29, 0.717) is 23.3 Å². The van der Waals surface area contributed by atoms with Crippen molar-refractivity contribution in [3.63, 3.8) is 0 Å². The minimum Gasteiger partial charge on any atom is -0.349 e. The van der Waals surface area contributed by atoms with Crippen molar-refractivity contribution in [3.05, 3.63) is 41.2 Å². The molecule has 1 aromatic heterocycles. The van der Waals surface area contributed by atoms with Gasteiger partial charge in [0.1, 0.15) is 0 Å². The molecule has 1 fully saturated rings. The Morgan fingerprint density at radius 1 is 1.13 bits per heavy atom. The zero-order valence-corrected chi connectivity index (χ0v) is 17.0. The number of nitrogens with one attached hydrogen (secondary N) is 1. The van der Waals surface area contributed by atoms with Gasteiger partial charge in [-0.2, -0.15) is 28.1 Å². The molecular weight excluding hydrogens is 397 g/mol. The lowest BCUT2D eigenvalue weighted by Gasteiger charge is -2.27. The molecule has 1 aliphatic heterocycles. The molecule has 10 heteroatoms. The van der Waals surface area contributed by atoms with Gasteiger partial charge in [-0.15, -0.1) is 0 Å². The first kappa shape index (κ1) is 21.8. The molecular formula is C20H25F3N6O. The Hall–Kier alpha value is -2.91. The van der Waals surface area contributed by atoms with E-state index in [0.717, 1.165) is 38.1 Å². The second-order valence-electron chi connectivity index (χ2n) is 7.45. The van der Waals surface area contributed by atoms with Crippen LogP contribution in [0.25, 0.3) is 0 Å². The topological polar surface area (TPSA) is 74.2 Å². The third-order valence-electron chi connectivity index (χ3n) is 4.76. The summed E-state index contributed by atoms with van der Waals surface area (Å²) < 4.78 is 38.5. The van der Waals surface area contributed by atoms with E-state index in [2.05, 4.69) is 25.2 Å². The number of halogens is 3. The van der Waals surface area contributed by atoms with Gasteiger partial charge in [-0.3, -0.25) is 4.79 Å². The summed E-state index contributed by atoms with van der Waals surface area (Å²) in [6, 6.07) is 4.76. The summed E-state index contributed by atoms with van der Waals surface area (Å²) in [5.41, 5.74) is -0.479. The fourth-order valence-electron chi connectivity index (χ4n) is 3.19. The van der Waals surface area contributed by atoms with Crippen LogP contribution in [0.4, 0.5) is 25.1 Å². The standard InChI is InChI=1S/C20H25F3N6O/c1-28(2)18-25-16(26-19(27-18)29-9-4-3-5-10-29)13-24-17(30)12-14-7-6-8-15(11-14)20(21,22)23/h6-8,11H,3-5,9-10,12-13H2,1-2H3,(H,24,30). The number of hydrogen-bond acceptors (Lipinski definition) is 6. The van der Waals surface area contributed by atoms with Gasteiger partial charge in [0.05, 0.1) is 18.5 Å². The number of anilines is 2. The van der Waals surface area contributed by atoms with Crippen LogP contribution in [0.3, 0.4) is 0 Å². The number of carbonyl (C=O) groups is 1. The van der Waals surface area contributed by atoms with E-state index in [1.807, 2.05) is 14.1 Å². The monoisotopic (exact) mass is 422 g/mol. The van der Waals surface area contributed by atoms with Gasteiger partial charge in [0, 0.05) is 27.2 Å². The molecule has 0 spiro atoms. The average molecular weight is 422 g/mol. The van der Waals surface area contributed by atoms with Crippen molar-refractivity contribution in [2.24, 2.45) is 0 Å². The van der Waals surface area contributed by atoms with E-state index < -0.39 is 17.6 Å². The van der Waals surface area contributed by atoms with E-state index in [1.165, 1.54) is 18.6 Å². The van der Waals surface area contributed by atoms with Gasteiger partial charge in [-0.05, 0) is 30.9 Å². The predicted molar refractivity (Wildman–Crippen MR) is 107 cm³/mol. The highest BCUT2D eigenvalue weighted by Crippen LogP contribution is 2.29. The fourth-order valence-corrected chi connectivity index (χ4v) is 3.19. The quantitative estimate of drug-likeness (QED) is 0.772. The Labute approximate surface area is 173 Å².